The number of carbonyl (C=O) groups is 2. The molecular weight excluding hydrogens is 410 g/mol. The number of furan rings is 1. The zero-order valence-electron chi connectivity index (χ0n) is 15.6. The van der Waals surface area contributed by atoms with E-state index in [2.05, 4.69) is 16.2 Å². The van der Waals surface area contributed by atoms with Crippen molar-refractivity contribution < 1.29 is 18.7 Å². The largest absolute Gasteiger partial charge is 0.462 e. The maximum atomic E-state index is 12.3. The number of carbonyl (C=O) groups excluding carboxylic acids is 2. The number of thiocarbonyl (C=S) groups is 1. The van der Waals surface area contributed by atoms with Gasteiger partial charge in [0, 0.05) is 11.3 Å². The van der Waals surface area contributed by atoms with Gasteiger partial charge in [-0.25, -0.2) is 4.79 Å². The normalized spacial score (nSPS) is 10.2. The smallest absolute Gasteiger partial charge is 0.341 e. The molecular formula is C20H19N3O4S2. The number of anilines is 1. The molecule has 150 valence electrons. The lowest BCUT2D eigenvalue weighted by Crippen LogP contribution is -2.43. The molecule has 0 radical (unpaired) electrons. The molecule has 7 nitrogen and oxygen atoms in total. The van der Waals surface area contributed by atoms with Crippen LogP contribution in [0.3, 0.4) is 0 Å². The molecule has 3 aromatic rings. The van der Waals surface area contributed by atoms with E-state index in [1.807, 2.05) is 30.3 Å². The predicted molar refractivity (Wildman–Crippen MR) is 115 cm³/mol. The van der Waals surface area contributed by atoms with Crippen molar-refractivity contribution in [2.24, 2.45) is 0 Å². The van der Waals surface area contributed by atoms with Gasteiger partial charge in [0.2, 0.25) is 0 Å². The first-order valence-electron chi connectivity index (χ1n) is 8.81. The highest BCUT2D eigenvalue weighted by Crippen LogP contribution is 2.30. The molecule has 0 spiro atoms. The number of hydrogen-bond acceptors (Lipinski definition) is 6. The van der Waals surface area contributed by atoms with Crippen LogP contribution in [0.5, 0.6) is 0 Å². The number of esters is 1. The summed E-state index contributed by atoms with van der Waals surface area (Å²) in [6.07, 6.45) is 2.08. The van der Waals surface area contributed by atoms with E-state index in [1.165, 1.54) is 23.7 Å². The van der Waals surface area contributed by atoms with E-state index in [-0.39, 0.29) is 17.5 Å². The molecule has 0 saturated heterocycles. The van der Waals surface area contributed by atoms with E-state index in [1.54, 1.807) is 19.1 Å². The Morgan fingerprint density at radius 2 is 1.93 bits per heavy atom. The number of amides is 1. The molecule has 3 N–H and O–H groups in total. The van der Waals surface area contributed by atoms with E-state index in [0.29, 0.717) is 17.0 Å². The van der Waals surface area contributed by atoms with E-state index in [0.717, 1.165) is 10.4 Å². The molecule has 1 aromatic carbocycles. The summed E-state index contributed by atoms with van der Waals surface area (Å²) in [5.74, 6) is -0.762. The second kappa shape index (κ2) is 9.85. The molecule has 29 heavy (non-hydrogen) atoms. The van der Waals surface area contributed by atoms with Gasteiger partial charge >= 0.3 is 11.9 Å². The van der Waals surface area contributed by atoms with E-state index in [9.17, 15) is 9.59 Å². The summed E-state index contributed by atoms with van der Waals surface area (Å²) in [6.45, 7) is 2.02. The first kappa shape index (κ1) is 20.6. The zero-order chi connectivity index (χ0) is 20.6. The number of hydrazine groups is 1. The Morgan fingerprint density at radius 1 is 1.14 bits per heavy atom. The molecule has 2 aromatic heterocycles. The standard InChI is InChI=1S/C20H19N3O4S2/c1-2-26-19(25)15-12-14(11-13-7-4-3-5-8-13)29-18(15)21-20(28)23-22-17(24)16-9-6-10-27-16/h3-10,12H,2,11H2,1H3,(H,22,24)(H2,21,23,28). The summed E-state index contributed by atoms with van der Waals surface area (Å²) in [5.41, 5.74) is 6.54. The summed E-state index contributed by atoms with van der Waals surface area (Å²) in [6, 6.07) is 14.9. The van der Waals surface area contributed by atoms with Gasteiger partial charge < -0.3 is 14.5 Å². The van der Waals surface area contributed by atoms with Crippen LogP contribution in [0.1, 0.15) is 38.3 Å². The molecule has 0 aliphatic carbocycles. The molecule has 0 aliphatic rings. The number of benzene rings is 1. The van der Waals surface area contributed by atoms with Crippen molar-refractivity contribution in [2.75, 3.05) is 11.9 Å². The van der Waals surface area contributed by atoms with Gasteiger partial charge in [0.05, 0.1) is 18.4 Å². The lowest BCUT2D eigenvalue weighted by atomic mass is 10.1. The van der Waals surface area contributed by atoms with Crippen LogP contribution in [0.25, 0.3) is 0 Å². The van der Waals surface area contributed by atoms with Gasteiger partial charge in [-0.3, -0.25) is 15.6 Å². The second-order valence-corrected chi connectivity index (χ2v) is 7.39. The molecule has 9 heteroatoms. The van der Waals surface area contributed by atoms with Crippen molar-refractivity contribution >= 4 is 45.5 Å². The molecule has 0 bridgehead atoms. The van der Waals surface area contributed by atoms with Crippen molar-refractivity contribution in [3.05, 3.63) is 76.6 Å². The van der Waals surface area contributed by atoms with Gasteiger partial charge in [-0.2, -0.15) is 0 Å². The van der Waals surface area contributed by atoms with Crippen LogP contribution in [-0.4, -0.2) is 23.6 Å². The number of ether oxygens (including phenoxy) is 1. The Labute approximate surface area is 177 Å². The Bertz CT molecular complexity index is 985. The predicted octanol–water partition coefficient (Wildman–Crippen LogP) is 3.74. The van der Waals surface area contributed by atoms with Gasteiger partial charge in [-0.15, -0.1) is 11.3 Å². The van der Waals surface area contributed by atoms with E-state index >= 15 is 0 Å². The Balaban J connectivity index is 1.69. The third-order valence-corrected chi connectivity index (χ3v) is 5.02. The van der Waals surface area contributed by atoms with Gasteiger partial charge in [0.15, 0.2) is 10.9 Å². The summed E-state index contributed by atoms with van der Waals surface area (Å²) in [7, 11) is 0. The molecule has 3 rings (SSSR count). The lowest BCUT2D eigenvalue weighted by Gasteiger charge is -2.10. The fraction of sp³-hybridized carbons (Fsp3) is 0.150. The van der Waals surface area contributed by atoms with E-state index in [4.69, 9.17) is 21.4 Å². The van der Waals surface area contributed by atoms with Crippen molar-refractivity contribution in [3.8, 4) is 0 Å². The van der Waals surface area contributed by atoms with Crippen molar-refractivity contribution in [3.63, 3.8) is 0 Å². The van der Waals surface area contributed by atoms with Crippen molar-refractivity contribution in [1.29, 1.82) is 0 Å². The Hall–Kier alpha value is -3.17. The third-order valence-electron chi connectivity index (χ3n) is 3.76. The summed E-state index contributed by atoms with van der Waals surface area (Å²) >= 11 is 6.62. The highest BCUT2D eigenvalue weighted by molar-refractivity contribution is 7.80. The minimum absolute atomic E-state index is 0.128. The Morgan fingerprint density at radius 3 is 2.62 bits per heavy atom. The highest BCUT2D eigenvalue weighted by atomic mass is 32.1. The monoisotopic (exact) mass is 429 g/mol. The average Bonchev–Trinajstić information content (AvgIpc) is 3.37. The molecule has 2 heterocycles. The fourth-order valence-electron chi connectivity index (χ4n) is 2.50. The summed E-state index contributed by atoms with van der Waals surface area (Å²) in [4.78, 5) is 25.2. The van der Waals surface area contributed by atoms with Crippen molar-refractivity contribution in [1.82, 2.24) is 10.9 Å². The quantitative estimate of drug-likeness (QED) is 0.312. The topological polar surface area (TPSA) is 92.6 Å². The van der Waals surface area contributed by atoms with Crippen LogP contribution in [-0.2, 0) is 11.2 Å². The van der Waals surface area contributed by atoms with Gasteiger partial charge in [-0.05, 0) is 42.9 Å². The number of thiophene rings is 1. The molecule has 0 fully saturated rings. The summed E-state index contributed by atoms with van der Waals surface area (Å²) < 4.78 is 10.2. The van der Waals surface area contributed by atoms with Gasteiger partial charge in [0.25, 0.3) is 0 Å². The number of hydrogen-bond donors (Lipinski definition) is 3. The van der Waals surface area contributed by atoms with Crippen LogP contribution >= 0.6 is 23.6 Å². The van der Waals surface area contributed by atoms with Crippen LogP contribution < -0.4 is 16.2 Å². The zero-order valence-corrected chi connectivity index (χ0v) is 17.2. The van der Waals surface area contributed by atoms with Gasteiger partial charge in [0.1, 0.15) is 5.00 Å². The molecule has 0 unspecified atom stereocenters. The number of nitrogens with one attached hydrogen (secondary N) is 3. The highest BCUT2D eigenvalue weighted by Gasteiger charge is 2.19. The molecule has 0 atom stereocenters. The second-order valence-electron chi connectivity index (χ2n) is 5.85. The average molecular weight is 430 g/mol. The minimum Gasteiger partial charge on any atom is -0.462 e. The lowest BCUT2D eigenvalue weighted by molar-refractivity contribution is 0.0528. The van der Waals surface area contributed by atoms with Crippen LogP contribution in [0.15, 0.2) is 59.2 Å². The first-order chi connectivity index (χ1) is 14.1. The van der Waals surface area contributed by atoms with Crippen LogP contribution in [0.4, 0.5) is 5.00 Å². The van der Waals surface area contributed by atoms with Gasteiger partial charge in [-0.1, -0.05) is 30.3 Å². The SMILES string of the molecule is CCOC(=O)c1cc(Cc2ccccc2)sc1NC(=S)NNC(=O)c1ccco1. The van der Waals surface area contributed by atoms with Crippen LogP contribution in [0.2, 0.25) is 0 Å². The maximum absolute atomic E-state index is 12.3. The number of rotatable bonds is 6. The minimum atomic E-state index is -0.472. The summed E-state index contributed by atoms with van der Waals surface area (Å²) in [5, 5.41) is 3.62. The molecule has 0 saturated carbocycles. The van der Waals surface area contributed by atoms with Crippen molar-refractivity contribution in [2.45, 2.75) is 13.3 Å². The Kier molecular flexibility index (Phi) is 6.99. The van der Waals surface area contributed by atoms with E-state index < -0.39 is 11.9 Å². The first-order valence-corrected chi connectivity index (χ1v) is 10.0. The third kappa shape index (κ3) is 5.66. The fourth-order valence-corrected chi connectivity index (χ4v) is 3.80. The maximum Gasteiger partial charge on any atom is 0.341 e. The van der Waals surface area contributed by atoms with Crippen LogP contribution in [0, 0.1) is 0 Å². The molecule has 0 aliphatic heterocycles. The molecule has 1 amide bonds.